The van der Waals surface area contributed by atoms with Gasteiger partial charge in [0.25, 0.3) is 5.91 Å². The van der Waals surface area contributed by atoms with E-state index in [9.17, 15) is 4.79 Å². The first-order chi connectivity index (χ1) is 7.24. The second kappa shape index (κ2) is 6.40. The number of hydrogen-bond acceptors (Lipinski definition) is 2. The third kappa shape index (κ3) is 4.30. The molecule has 3 nitrogen and oxygen atoms in total. The van der Waals surface area contributed by atoms with Crippen LogP contribution < -0.4 is 5.32 Å². The fourth-order valence-corrected chi connectivity index (χ4v) is 1.29. The Kier molecular flexibility index (Phi) is 5.12. The Morgan fingerprint density at radius 3 is 2.87 bits per heavy atom. The molecule has 0 aliphatic heterocycles. The van der Waals surface area contributed by atoms with Crippen LogP contribution in [0.5, 0.6) is 0 Å². The summed E-state index contributed by atoms with van der Waals surface area (Å²) in [5.41, 5.74) is 0.413. The summed E-state index contributed by atoms with van der Waals surface area (Å²) >= 11 is 5.67. The number of carbonyl (C=O) groups excluding carboxylic acids is 1. The highest BCUT2D eigenvalue weighted by atomic mass is 35.5. The van der Waals surface area contributed by atoms with E-state index in [1.54, 1.807) is 12.1 Å². The van der Waals surface area contributed by atoms with Crippen LogP contribution in [-0.4, -0.2) is 17.4 Å². The summed E-state index contributed by atoms with van der Waals surface area (Å²) in [6.07, 6.45) is 4.77. The van der Waals surface area contributed by atoms with Crippen molar-refractivity contribution < 1.29 is 4.79 Å². The zero-order valence-electron chi connectivity index (χ0n) is 8.79. The number of unbranched alkanes of at least 4 members (excludes halogenated alkanes) is 2. The van der Waals surface area contributed by atoms with Crippen LogP contribution in [0.1, 0.15) is 36.7 Å². The van der Waals surface area contributed by atoms with Gasteiger partial charge in [0.15, 0.2) is 0 Å². The molecule has 0 saturated carbocycles. The lowest BCUT2D eigenvalue weighted by molar-refractivity contribution is 0.0948. The summed E-state index contributed by atoms with van der Waals surface area (Å²) in [6, 6.07) is 3.28. The van der Waals surface area contributed by atoms with Crippen LogP contribution in [0.3, 0.4) is 0 Å². The van der Waals surface area contributed by atoms with Gasteiger partial charge in [-0.25, -0.2) is 4.98 Å². The largest absolute Gasteiger partial charge is 0.351 e. The first kappa shape index (κ1) is 12.0. The van der Waals surface area contributed by atoms with Gasteiger partial charge in [0.1, 0.15) is 5.69 Å². The van der Waals surface area contributed by atoms with Crippen LogP contribution in [-0.2, 0) is 0 Å². The van der Waals surface area contributed by atoms with Crippen molar-refractivity contribution in [2.45, 2.75) is 26.2 Å². The van der Waals surface area contributed by atoms with Crippen LogP contribution in [0.15, 0.2) is 18.3 Å². The number of pyridine rings is 1. The molecule has 82 valence electrons. The van der Waals surface area contributed by atoms with E-state index < -0.39 is 0 Å². The van der Waals surface area contributed by atoms with E-state index in [-0.39, 0.29) is 5.91 Å². The standard InChI is InChI=1S/C11H15ClN2O/c1-2-3-4-7-13-11(15)10-6-5-9(12)8-14-10/h5-6,8H,2-4,7H2,1H3,(H,13,15). The van der Waals surface area contributed by atoms with E-state index in [2.05, 4.69) is 17.2 Å². The zero-order valence-corrected chi connectivity index (χ0v) is 9.55. The van der Waals surface area contributed by atoms with Gasteiger partial charge in [0.05, 0.1) is 5.02 Å². The van der Waals surface area contributed by atoms with Gasteiger partial charge in [-0.15, -0.1) is 0 Å². The number of rotatable bonds is 5. The van der Waals surface area contributed by atoms with Crippen molar-refractivity contribution in [3.63, 3.8) is 0 Å². The van der Waals surface area contributed by atoms with Gasteiger partial charge < -0.3 is 5.32 Å². The minimum absolute atomic E-state index is 0.136. The topological polar surface area (TPSA) is 42.0 Å². The van der Waals surface area contributed by atoms with Crippen molar-refractivity contribution in [1.29, 1.82) is 0 Å². The molecule has 1 amide bonds. The van der Waals surface area contributed by atoms with E-state index in [1.165, 1.54) is 6.20 Å². The monoisotopic (exact) mass is 226 g/mol. The fourth-order valence-electron chi connectivity index (χ4n) is 1.18. The molecule has 4 heteroatoms. The van der Waals surface area contributed by atoms with Gasteiger partial charge in [0, 0.05) is 12.7 Å². The fraction of sp³-hybridized carbons (Fsp3) is 0.455. The molecule has 0 saturated heterocycles. The molecule has 0 bridgehead atoms. The maximum absolute atomic E-state index is 11.5. The number of amides is 1. The summed E-state index contributed by atoms with van der Waals surface area (Å²) in [6.45, 7) is 2.83. The average molecular weight is 227 g/mol. The normalized spacial score (nSPS) is 10.0. The van der Waals surface area contributed by atoms with Crippen molar-refractivity contribution >= 4 is 17.5 Å². The van der Waals surface area contributed by atoms with Crippen molar-refractivity contribution in [1.82, 2.24) is 10.3 Å². The van der Waals surface area contributed by atoms with E-state index >= 15 is 0 Å². The molecule has 1 aromatic rings. The highest BCUT2D eigenvalue weighted by Gasteiger charge is 2.05. The highest BCUT2D eigenvalue weighted by Crippen LogP contribution is 2.05. The molecule has 0 unspecified atom stereocenters. The summed E-state index contributed by atoms with van der Waals surface area (Å²) in [4.78, 5) is 15.4. The summed E-state index contributed by atoms with van der Waals surface area (Å²) in [5.74, 6) is -0.136. The van der Waals surface area contributed by atoms with Crippen LogP contribution in [0.2, 0.25) is 5.02 Å². The van der Waals surface area contributed by atoms with Gasteiger partial charge in [-0.2, -0.15) is 0 Å². The maximum Gasteiger partial charge on any atom is 0.269 e. The number of aromatic nitrogens is 1. The Labute approximate surface area is 94.9 Å². The van der Waals surface area contributed by atoms with Gasteiger partial charge in [-0.3, -0.25) is 4.79 Å². The maximum atomic E-state index is 11.5. The van der Waals surface area contributed by atoms with Crippen LogP contribution in [0, 0.1) is 0 Å². The Balaban J connectivity index is 2.37. The molecule has 0 aliphatic rings. The average Bonchev–Trinajstić information content (AvgIpc) is 2.25. The zero-order chi connectivity index (χ0) is 11.1. The molecule has 0 aliphatic carbocycles. The molecule has 0 atom stereocenters. The Morgan fingerprint density at radius 2 is 2.27 bits per heavy atom. The Bertz CT molecular complexity index is 311. The third-order valence-electron chi connectivity index (χ3n) is 2.03. The van der Waals surface area contributed by atoms with Crippen molar-refractivity contribution in [2.24, 2.45) is 0 Å². The first-order valence-electron chi connectivity index (χ1n) is 5.13. The highest BCUT2D eigenvalue weighted by molar-refractivity contribution is 6.30. The number of nitrogens with zero attached hydrogens (tertiary/aromatic N) is 1. The van der Waals surface area contributed by atoms with Crippen molar-refractivity contribution in [2.75, 3.05) is 6.54 Å². The molecule has 0 fully saturated rings. The predicted molar refractivity (Wildman–Crippen MR) is 61.1 cm³/mol. The van der Waals surface area contributed by atoms with E-state index in [4.69, 9.17) is 11.6 Å². The number of nitrogens with one attached hydrogen (secondary N) is 1. The first-order valence-corrected chi connectivity index (χ1v) is 5.51. The molecule has 1 heterocycles. The molecule has 0 radical (unpaired) electrons. The van der Waals surface area contributed by atoms with Gasteiger partial charge >= 0.3 is 0 Å². The smallest absolute Gasteiger partial charge is 0.269 e. The number of halogens is 1. The van der Waals surface area contributed by atoms with Gasteiger partial charge in [-0.1, -0.05) is 31.4 Å². The van der Waals surface area contributed by atoms with Crippen molar-refractivity contribution in [3.05, 3.63) is 29.0 Å². The Morgan fingerprint density at radius 1 is 1.47 bits per heavy atom. The molecule has 0 spiro atoms. The minimum Gasteiger partial charge on any atom is -0.351 e. The van der Waals surface area contributed by atoms with Gasteiger partial charge in [0.2, 0.25) is 0 Å². The molecule has 1 aromatic heterocycles. The third-order valence-corrected chi connectivity index (χ3v) is 2.25. The summed E-state index contributed by atoms with van der Waals surface area (Å²) in [7, 11) is 0. The SMILES string of the molecule is CCCCCNC(=O)c1ccc(Cl)cn1. The summed E-state index contributed by atoms with van der Waals surface area (Å²) in [5, 5.41) is 3.35. The minimum atomic E-state index is -0.136. The second-order valence-corrected chi connectivity index (χ2v) is 3.76. The molecular formula is C11H15ClN2O. The van der Waals surface area contributed by atoms with Crippen LogP contribution in [0.4, 0.5) is 0 Å². The van der Waals surface area contributed by atoms with Crippen molar-refractivity contribution in [3.8, 4) is 0 Å². The molecule has 1 rings (SSSR count). The van der Waals surface area contributed by atoms with E-state index in [0.29, 0.717) is 17.3 Å². The lowest BCUT2D eigenvalue weighted by Gasteiger charge is -2.03. The van der Waals surface area contributed by atoms with Crippen LogP contribution >= 0.6 is 11.6 Å². The lowest BCUT2D eigenvalue weighted by atomic mass is 10.2. The van der Waals surface area contributed by atoms with Gasteiger partial charge in [-0.05, 0) is 18.6 Å². The lowest BCUT2D eigenvalue weighted by Crippen LogP contribution is -2.25. The van der Waals surface area contributed by atoms with Crippen LogP contribution in [0.25, 0.3) is 0 Å². The number of hydrogen-bond donors (Lipinski definition) is 1. The molecule has 1 N–H and O–H groups in total. The molecule has 15 heavy (non-hydrogen) atoms. The van der Waals surface area contributed by atoms with E-state index in [1.807, 2.05) is 0 Å². The second-order valence-electron chi connectivity index (χ2n) is 3.32. The molecular weight excluding hydrogens is 212 g/mol. The van der Waals surface area contributed by atoms with E-state index in [0.717, 1.165) is 19.3 Å². The Hall–Kier alpha value is -1.09. The predicted octanol–water partition coefficient (Wildman–Crippen LogP) is 2.66. The molecule has 0 aromatic carbocycles. The summed E-state index contributed by atoms with van der Waals surface area (Å²) < 4.78 is 0. The quantitative estimate of drug-likeness (QED) is 0.785. The number of carbonyl (C=O) groups is 1.